The van der Waals surface area contributed by atoms with Crippen molar-refractivity contribution >= 4 is 38.0 Å². The van der Waals surface area contributed by atoms with Gasteiger partial charge in [0.05, 0.1) is 0 Å². The molecular weight excluding hydrogens is 446 g/mol. The third-order valence-corrected chi connectivity index (χ3v) is 7.53. The molecule has 1 nitrogen and oxygen atoms in total. The Labute approximate surface area is 220 Å². The second kappa shape index (κ2) is 9.95. The minimum atomic E-state index is 0.955. The SMILES string of the molecule is C=C/C(C)=C(\C)N(C(=C)c1ccc(-c2cccc3c2ccc2cc4ccccc4cc23)cc1)/C(C)=C/C. The molecule has 5 aromatic carbocycles. The number of hydrogen-bond acceptors (Lipinski definition) is 1. The lowest BCUT2D eigenvalue weighted by Gasteiger charge is -2.29. The molecule has 0 spiro atoms. The molecule has 0 fully saturated rings. The first-order valence-electron chi connectivity index (χ1n) is 12.8. The predicted octanol–water partition coefficient (Wildman–Crippen LogP) is 10.5. The van der Waals surface area contributed by atoms with Crippen molar-refractivity contribution in [1.29, 1.82) is 0 Å². The van der Waals surface area contributed by atoms with Crippen molar-refractivity contribution in [2.24, 2.45) is 0 Å². The van der Waals surface area contributed by atoms with Gasteiger partial charge in [-0.05, 0) is 94.4 Å². The van der Waals surface area contributed by atoms with Crippen LogP contribution in [0.4, 0.5) is 0 Å². The maximum absolute atomic E-state index is 4.46. The van der Waals surface area contributed by atoms with E-state index in [-0.39, 0.29) is 0 Å². The van der Waals surface area contributed by atoms with Crippen LogP contribution < -0.4 is 0 Å². The van der Waals surface area contributed by atoms with Crippen LogP contribution in [0.1, 0.15) is 33.3 Å². The maximum atomic E-state index is 4.46. The number of nitrogens with zero attached hydrogens (tertiary/aromatic N) is 1. The largest absolute Gasteiger partial charge is 0.319 e. The summed E-state index contributed by atoms with van der Waals surface area (Å²) in [7, 11) is 0. The zero-order chi connectivity index (χ0) is 26.1. The smallest absolute Gasteiger partial charge is 0.0455 e. The zero-order valence-electron chi connectivity index (χ0n) is 22.2. The summed E-state index contributed by atoms with van der Waals surface area (Å²) in [6.07, 6.45) is 4.01. The van der Waals surface area contributed by atoms with Gasteiger partial charge in [0.15, 0.2) is 0 Å². The number of fused-ring (bicyclic) bond motifs is 4. The first kappa shape index (κ1) is 24.3. The van der Waals surface area contributed by atoms with Crippen LogP contribution >= 0.6 is 0 Å². The molecule has 0 saturated carbocycles. The number of benzene rings is 5. The van der Waals surface area contributed by atoms with E-state index in [1.807, 2.05) is 6.08 Å². The molecule has 0 aliphatic heterocycles. The lowest BCUT2D eigenvalue weighted by Crippen LogP contribution is -2.18. The van der Waals surface area contributed by atoms with Crippen LogP contribution in [0.2, 0.25) is 0 Å². The summed E-state index contributed by atoms with van der Waals surface area (Å²) in [5, 5.41) is 7.66. The molecule has 0 N–H and O–H groups in total. The molecule has 0 aliphatic carbocycles. The molecule has 0 saturated heterocycles. The van der Waals surface area contributed by atoms with Crippen molar-refractivity contribution < 1.29 is 0 Å². The molecule has 5 aromatic rings. The Bertz CT molecular complexity index is 1730. The van der Waals surface area contributed by atoms with Gasteiger partial charge in [-0.15, -0.1) is 0 Å². The summed E-state index contributed by atoms with van der Waals surface area (Å²) < 4.78 is 0. The number of hydrogen-bond donors (Lipinski definition) is 0. The maximum Gasteiger partial charge on any atom is 0.0455 e. The topological polar surface area (TPSA) is 3.24 Å². The first-order valence-corrected chi connectivity index (χ1v) is 12.8. The van der Waals surface area contributed by atoms with Gasteiger partial charge in [-0.2, -0.15) is 0 Å². The third-order valence-electron chi connectivity index (χ3n) is 7.53. The second-order valence-electron chi connectivity index (χ2n) is 9.65. The number of allylic oxidation sites excluding steroid dienone is 5. The van der Waals surface area contributed by atoms with E-state index in [0.717, 1.165) is 28.2 Å². The zero-order valence-corrected chi connectivity index (χ0v) is 22.2. The Morgan fingerprint density at radius 1 is 0.703 bits per heavy atom. The van der Waals surface area contributed by atoms with Crippen LogP contribution in [-0.2, 0) is 0 Å². The first-order chi connectivity index (χ1) is 17.9. The molecule has 182 valence electrons. The summed E-state index contributed by atoms with van der Waals surface area (Å²) in [6.45, 7) is 16.8. The molecule has 0 bridgehead atoms. The van der Waals surface area contributed by atoms with Gasteiger partial charge in [-0.1, -0.05) is 104 Å². The Hall–Kier alpha value is -4.36. The fourth-order valence-electron chi connectivity index (χ4n) is 5.14. The quantitative estimate of drug-likeness (QED) is 0.133. The summed E-state index contributed by atoms with van der Waals surface area (Å²) in [5.41, 5.74) is 7.90. The monoisotopic (exact) mass is 479 g/mol. The lowest BCUT2D eigenvalue weighted by atomic mass is 9.93. The van der Waals surface area contributed by atoms with Crippen LogP contribution in [0.25, 0.3) is 49.1 Å². The Morgan fingerprint density at radius 3 is 2.08 bits per heavy atom. The molecule has 0 amide bonds. The van der Waals surface area contributed by atoms with E-state index < -0.39 is 0 Å². The van der Waals surface area contributed by atoms with E-state index in [0.29, 0.717) is 0 Å². The summed E-state index contributed by atoms with van der Waals surface area (Å²) in [6, 6.07) is 33.1. The van der Waals surface area contributed by atoms with Crippen molar-refractivity contribution in [1.82, 2.24) is 4.90 Å². The minimum Gasteiger partial charge on any atom is -0.319 e. The molecule has 5 rings (SSSR count). The standard InChI is InChI=1S/C36H33N/c1-7-24(3)26(5)37(25(4)8-2)27(6)28-16-18-29(19-17-28)33-14-11-15-34-35(33)21-20-32-22-30-12-9-10-13-31(30)23-36(32)34/h7-23H,1,6H2,2-5H3/b25-8+,26-24+. The molecule has 1 heteroatoms. The van der Waals surface area contributed by atoms with Gasteiger partial charge >= 0.3 is 0 Å². The third kappa shape index (κ3) is 4.38. The highest BCUT2D eigenvalue weighted by atomic mass is 15.2. The average Bonchev–Trinajstić information content (AvgIpc) is 2.95. The molecule has 0 aliphatic rings. The molecule has 0 unspecified atom stereocenters. The van der Waals surface area contributed by atoms with Gasteiger partial charge in [-0.25, -0.2) is 0 Å². The van der Waals surface area contributed by atoms with Crippen LogP contribution in [0.3, 0.4) is 0 Å². The molecule has 0 aromatic heterocycles. The van der Waals surface area contributed by atoms with Gasteiger partial charge in [-0.3, -0.25) is 0 Å². The van der Waals surface area contributed by atoms with Crippen molar-refractivity contribution in [3.63, 3.8) is 0 Å². The molecule has 0 heterocycles. The molecule has 37 heavy (non-hydrogen) atoms. The molecular formula is C36H33N. The average molecular weight is 480 g/mol. The van der Waals surface area contributed by atoms with E-state index in [1.165, 1.54) is 43.4 Å². The summed E-state index contributed by atoms with van der Waals surface area (Å²) in [4.78, 5) is 2.21. The Kier molecular flexibility index (Phi) is 6.54. The highest BCUT2D eigenvalue weighted by Gasteiger charge is 2.15. The fraction of sp³-hybridized carbons (Fsp3) is 0.111. The van der Waals surface area contributed by atoms with Gasteiger partial charge in [0.2, 0.25) is 0 Å². The van der Waals surface area contributed by atoms with Crippen molar-refractivity contribution in [3.05, 3.63) is 139 Å². The number of rotatable bonds is 6. The van der Waals surface area contributed by atoms with Gasteiger partial charge in [0.1, 0.15) is 0 Å². The van der Waals surface area contributed by atoms with E-state index >= 15 is 0 Å². The van der Waals surface area contributed by atoms with Gasteiger partial charge in [0.25, 0.3) is 0 Å². The van der Waals surface area contributed by atoms with E-state index in [2.05, 4.69) is 143 Å². The fourth-order valence-corrected chi connectivity index (χ4v) is 5.14. The minimum absolute atomic E-state index is 0.955. The summed E-state index contributed by atoms with van der Waals surface area (Å²) in [5.74, 6) is 0. The van der Waals surface area contributed by atoms with Crippen LogP contribution in [0.15, 0.2) is 133 Å². The van der Waals surface area contributed by atoms with E-state index in [1.54, 1.807) is 0 Å². The predicted molar refractivity (Wildman–Crippen MR) is 163 cm³/mol. The van der Waals surface area contributed by atoms with Crippen LogP contribution in [0.5, 0.6) is 0 Å². The summed E-state index contributed by atoms with van der Waals surface area (Å²) >= 11 is 0. The Morgan fingerprint density at radius 2 is 1.41 bits per heavy atom. The molecule has 0 radical (unpaired) electrons. The van der Waals surface area contributed by atoms with Gasteiger partial charge in [0, 0.05) is 17.1 Å². The lowest BCUT2D eigenvalue weighted by molar-refractivity contribution is 0.596. The van der Waals surface area contributed by atoms with Gasteiger partial charge < -0.3 is 4.90 Å². The second-order valence-corrected chi connectivity index (χ2v) is 9.65. The normalized spacial score (nSPS) is 12.6. The van der Waals surface area contributed by atoms with Crippen molar-refractivity contribution in [3.8, 4) is 11.1 Å². The van der Waals surface area contributed by atoms with E-state index in [9.17, 15) is 0 Å². The highest BCUT2D eigenvalue weighted by Crippen LogP contribution is 2.36. The van der Waals surface area contributed by atoms with E-state index in [4.69, 9.17) is 0 Å². The Balaban J connectivity index is 1.57. The van der Waals surface area contributed by atoms with Crippen LogP contribution in [0, 0.1) is 0 Å². The van der Waals surface area contributed by atoms with Crippen molar-refractivity contribution in [2.45, 2.75) is 27.7 Å². The highest BCUT2D eigenvalue weighted by molar-refractivity contribution is 6.15. The van der Waals surface area contributed by atoms with Crippen molar-refractivity contribution in [2.75, 3.05) is 0 Å². The molecule has 0 atom stereocenters. The van der Waals surface area contributed by atoms with Crippen LogP contribution in [-0.4, -0.2) is 4.90 Å².